The number of thioether (sulfide) groups is 1. The average molecular weight is 289 g/mol. The molecule has 106 valence electrons. The molecule has 2 rings (SSSR count). The highest BCUT2D eigenvalue weighted by molar-refractivity contribution is 7.99. The van der Waals surface area contributed by atoms with Crippen LogP contribution in [-0.2, 0) is 0 Å². The number of halogens is 1. The molecule has 2 aromatic carbocycles. The normalized spacial score (nSPS) is 12.7. The van der Waals surface area contributed by atoms with Gasteiger partial charge in [-0.3, -0.25) is 0 Å². The molecule has 0 aromatic heterocycles. The van der Waals surface area contributed by atoms with Gasteiger partial charge in [0, 0.05) is 16.7 Å². The van der Waals surface area contributed by atoms with Crippen LogP contribution in [0.5, 0.6) is 0 Å². The molecule has 0 fully saturated rings. The molecule has 1 nitrogen and oxygen atoms in total. The topological polar surface area (TPSA) is 26.0 Å². The molecule has 1 unspecified atom stereocenters. The summed E-state index contributed by atoms with van der Waals surface area (Å²) < 4.78 is 13.1. The summed E-state index contributed by atoms with van der Waals surface area (Å²) >= 11 is 1.58. The first-order valence-corrected chi connectivity index (χ1v) is 7.78. The maximum Gasteiger partial charge on any atom is 0.124 e. The first-order valence-electron chi connectivity index (χ1n) is 6.80. The van der Waals surface area contributed by atoms with Crippen molar-refractivity contribution in [3.05, 3.63) is 65.5 Å². The van der Waals surface area contributed by atoms with Crippen molar-refractivity contribution in [3.63, 3.8) is 0 Å². The van der Waals surface area contributed by atoms with Crippen LogP contribution in [0.15, 0.2) is 53.4 Å². The lowest BCUT2D eigenvalue weighted by Gasteiger charge is -2.13. The average Bonchev–Trinajstić information content (AvgIpc) is 2.45. The lowest BCUT2D eigenvalue weighted by atomic mass is 10.00. The van der Waals surface area contributed by atoms with E-state index >= 15 is 0 Å². The van der Waals surface area contributed by atoms with E-state index in [1.165, 1.54) is 11.6 Å². The molecule has 3 heteroatoms. The van der Waals surface area contributed by atoms with Gasteiger partial charge in [0.2, 0.25) is 0 Å². The van der Waals surface area contributed by atoms with Crippen LogP contribution in [-0.4, -0.2) is 5.75 Å². The standard InChI is InChI=1S/C17H20FNS/c1-12(2)13-6-8-14(9-7-13)17(19)11-20-16-5-3-4-15(18)10-16/h3-10,12,17H,11,19H2,1-2H3. The Hall–Kier alpha value is -1.32. The van der Waals surface area contributed by atoms with Crippen LogP contribution < -0.4 is 5.73 Å². The van der Waals surface area contributed by atoms with E-state index in [1.807, 2.05) is 6.07 Å². The third-order valence-electron chi connectivity index (χ3n) is 3.26. The van der Waals surface area contributed by atoms with E-state index in [1.54, 1.807) is 23.9 Å². The zero-order valence-electron chi connectivity index (χ0n) is 11.8. The predicted octanol–water partition coefficient (Wildman–Crippen LogP) is 4.74. The van der Waals surface area contributed by atoms with Gasteiger partial charge in [-0.05, 0) is 35.2 Å². The van der Waals surface area contributed by atoms with Gasteiger partial charge in [-0.1, -0.05) is 44.2 Å². The first kappa shape index (κ1) is 15.1. The van der Waals surface area contributed by atoms with Gasteiger partial charge < -0.3 is 5.73 Å². The van der Waals surface area contributed by atoms with Gasteiger partial charge in [0.15, 0.2) is 0 Å². The molecule has 0 saturated heterocycles. The SMILES string of the molecule is CC(C)c1ccc(C(N)CSc2cccc(F)c2)cc1. The van der Waals surface area contributed by atoms with E-state index in [0.717, 1.165) is 16.2 Å². The Kier molecular flexibility index (Phi) is 5.21. The molecule has 0 saturated carbocycles. The molecular formula is C17H20FNS. The van der Waals surface area contributed by atoms with Crippen molar-refractivity contribution in [2.75, 3.05) is 5.75 Å². The molecule has 0 radical (unpaired) electrons. The molecule has 0 bridgehead atoms. The Bertz CT molecular complexity index is 551. The Balaban J connectivity index is 1.96. The third-order valence-corrected chi connectivity index (χ3v) is 4.37. The molecule has 0 spiro atoms. The quantitative estimate of drug-likeness (QED) is 0.804. The van der Waals surface area contributed by atoms with Gasteiger partial charge in [-0.15, -0.1) is 11.8 Å². The van der Waals surface area contributed by atoms with Gasteiger partial charge in [-0.2, -0.15) is 0 Å². The summed E-state index contributed by atoms with van der Waals surface area (Å²) in [6.07, 6.45) is 0. The van der Waals surface area contributed by atoms with Crippen molar-refractivity contribution in [3.8, 4) is 0 Å². The fourth-order valence-electron chi connectivity index (χ4n) is 1.97. The van der Waals surface area contributed by atoms with Crippen molar-refractivity contribution in [2.45, 2.75) is 30.7 Å². The van der Waals surface area contributed by atoms with Crippen LogP contribution in [0.3, 0.4) is 0 Å². The van der Waals surface area contributed by atoms with E-state index in [2.05, 4.69) is 38.1 Å². The van der Waals surface area contributed by atoms with Gasteiger partial charge >= 0.3 is 0 Å². The van der Waals surface area contributed by atoms with Crippen LogP contribution in [0.2, 0.25) is 0 Å². The highest BCUT2D eigenvalue weighted by Gasteiger charge is 2.08. The number of nitrogens with two attached hydrogens (primary N) is 1. The van der Waals surface area contributed by atoms with Gasteiger partial charge in [-0.25, -0.2) is 4.39 Å². The largest absolute Gasteiger partial charge is 0.323 e. The van der Waals surface area contributed by atoms with Crippen LogP contribution in [0, 0.1) is 5.82 Å². The van der Waals surface area contributed by atoms with E-state index < -0.39 is 0 Å². The Labute approximate surface area is 124 Å². The molecule has 1 atom stereocenters. The Morgan fingerprint density at radius 3 is 2.30 bits per heavy atom. The highest BCUT2D eigenvalue weighted by atomic mass is 32.2. The minimum Gasteiger partial charge on any atom is -0.323 e. The van der Waals surface area contributed by atoms with Gasteiger partial charge in [0.1, 0.15) is 5.82 Å². The van der Waals surface area contributed by atoms with E-state index in [4.69, 9.17) is 5.73 Å². The van der Waals surface area contributed by atoms with Crippen molar-refractivity contribution in [1.29, 1.82) is 0 Å². The minimum atomic E-state index is -0.204. The molecule has 0 heterocycles. The second kappa shape index (κ2) is 6.91. The van der Waals surface area contributed by atoms with E-state index in [-0.39, 0.29) is 11.9 Å². The molecule has 0 aliphatic rings. The summed E-state index contributed by atoms with van der Waals surface area (Å²) in [7, 11) is 0. The van der Waals surface area contributed by atoms with Crippen LogP contribution >= 0.6 is 11.8 Å². The zero-order valence-corrected chi connectivity index (χ0v) is 12.7. The summed E-state index contributed by atoms with van der Waals surface area (Å²) in [6.45, 7) is 4.35. The maximum absolute atomic E-state index is 13.1. The maximum atomic E-state index is 13.1. The second-order valence-corrected chi connectivity index (χ2v) is 6.29. The molecule has 0 amide bonds. The Morgan fingerprint density at radius 2 is 1.70 bits per heavy atom. The Morgan fingerprint density at radius 1 is 1.05 bits per heavy atom. The smallest absolute Gasteiger partial charge is 0.124 e. The van der Waals surface area contributed by atoms with Crippen molar-refractivity contribution >= 4 is 11.8 Å². The number of rotatable bonds is 5. The molecular weight excluding hydrogens is 269 g/mol. The third kappa shape index (κ3) is 4.09. The number of benzene rings is 2. The summed E-state index contributed by atoms with van der Waals surface area (Å²) in [5, 5.41) is 0. The lowest BCUT2D eigenvalue weighted by molar-refractivity contribution is 0.624. The molecule has 20 heavy (non-hydrogen) atoms. The summed E-state index contributed by atoms with van der Waals surface area (Å²) in [5.41, 5.74) is 8.63. The predicted molar refractivity (Wildman–Crippen MR) is 84.6 cm³/mol. The van der Waals surface area contributed by atoms with E-state index in [9.17, 15) is 4.39 Å². The zero-order chi connectivity index (χ0) is 14.5. The van der Waals surface area contributed by atoms with Crippen molar-refractivity contribution in [2.24, 2.45) is 5.73 Å². The minimum absolute atomic E-state index is 0.0375. The fourth-order valence-corrected chi connectivity index (χ4v) is 2.90. The molecule has 2 N–H and O–H groups in total. The highest BCUT2D eigenvalue weighted by Crippen LogP contribution is 2.25. The lowest BCUT2D eigenvalue weighted by Crippen LogP contribution is -2.13. The van der Waals surface area contributed by atoms with E-state index in [0.29, 0.717) is 5.92 Å². The summed E-state index contributed by atoms with van der Waals surface area (Å²) in [4.78, 5) is 0.916. The monoisotopic (exact) mass is 289 g/mol. The van der Waals surface area contributed by atoms with Crippen LogP contribution in [0.4, 0.5) is 4.39 Å². The van der Waals surface area contributed by atoms with Crippen molar-refractivity contribution in [1.82, 2.24) is 0 Å². The van der Waals surface area contributed by atoms with Crippen LogP contribution in [0.1, 0.15) is 36.9 Å². The molecule has 2 aromatic rings. The van der Waals surface area contributed by atoms with Crippen LogP contribution in [0.25, 0.3) is 0 Å². The van der Waals surface area contributed by atoms with Gasteiger partial charge in [0.25, 0.3) is 0 Å². The number of hydrogen-bond donors (Lipinski definition) is 1. The van der Waals surface area contributed by atoms with Gasteiger partial charge in [0.05, 0.1) is 0 Å². The first-order chi connectivity index (χ1) is 9.56. The summed E-state index contributed by atoms with van der Waals surface area (Å²) in [6, 6.07) is 15.0. The summed E-state index contributed by atoms with van der Waals surface area (Å²) in [5.74, 6) is 1.07. The fraction of sp³-hybridized carbons (Fsp3) is 0.294. The molecule has 0 aliphatic carbocycles. The van der Waals surface area contributed by atoms with Crippen molar-refractivity contribution < 1.29 is 4.39 Å². The number of hydrogen-bond acceptors (Lipinski definition) is 2. The second-order valence-electron chi connectivity index (χ2n) is 5.20. The molecule has 0 aliphatic heterocycles.